The first-order valence-corrected chi connectivity index (χ1v) is 9.30. The van der Waals surface area contributed by atoms with Crippen molar-refractivity contribution in [2.45, 2.75) is 32.2 Å². The van der Waals surface area contributed by atoms with Crippen LogP contribution in [0.5, 0.6) is 5.88 Å². The van der Waals surface area contributed by atoms with Crippen LogP contribution in [0.3, 0.4) is 0 Å². The number of anilines is 1. The number of hydrogen-bond donors (Lipinski definition) is 1. The van der Waals surface area contributed by atoms with Crippen LogP contribution in [0.25, 0.3) is 0 Å². The number of nitrogens with zero attached hydrogens (tertiary/aromatic N) is 2. The number of aromatic nitrogens is 1. The molecular formula is C14H27N3OS2. The lowest BCUT2D eigenvalue weighted by molar-refractivity contribution is 0.394. The highest BCUT2D eigenvalue weighted by atomic mass is 32.2. The average Bonchev–Trinajstić information content (AvgIpc) is 2.85. The van der Waals surface area contributed by atoms with Crippen LogP contribution in [0.4, 0.5) is 5.13 Å². The highest BCUT2D eigenvalue weighted by Gasteiger charge is 2.12. The topological polar surface area (TPSA) is 37.4 Å². The fourth-order valence-electron chi connectivity index (χ4n) is 1.84. The van der Waals surface area contributed by atoms with Gasteiger partial charge in [0.2, 0.25) is 5.88 Å². The lowest BCUT2D eigenvalue weighted by Gasteiger charge is -2.05. The van der Waals surface area contributed by atoms with Crippen molar-refractivity contribution in [2.24, 2.45) is 0 Å². The quantitative estimate of drug-likeness (QED) is 0.634. The number of thioether (sulfide) groups is 1. The molecule has 0 aliphatic heterocycles. The first-order chi connectivity index (χ1) is 9.69. The van der Waals surface area contributed by atoms with E-state index >= 15 is 0 Å². The van der Waals surface area contributed by atoms with Crippen LogP contribution in [0.15, 0.2) is 0 Å². The van der Waals surface area contributed by atoms with E-state index in [1.807, 2.05) is 30.8 Å². The van der Waals surface area contributed by atoms with Gasteiger partial charge in [-0.2, -0.15) is 16.7 Å². The van der Waals surface area contributed by atoms with Crippen LogP contribution < -0.4 is 15.0 Å². The Morgan fingerprint density at radius 3 is 2.65 bits per heavy atom. The van der Waals surface area contributed by atoms with Crippen molar-refractivity contribution >= 4 is 28.2 Å². The number of unbranched alkanes of at least 4 members (excludes halogenated alkanes) is 3. The van der Waals surface area contributed by atoms with Crippen molar-refractivity contribution in [1.29, 1.82) is 0 Å². The molecule has 0 saturated heterocycles. The van der Waals surface area contributed by atoms with Crippen molar-refractivity contribution in [3.05, 3.63) is 4.88 Å². The van der Waals surface area contributed by atoms with E-state index < -0.39 is 0 Å². The molecule has 1 rings (SSSR count). The summed E-state index contributed by atoms with van der Waals surface area (Å²) in [5.74, 6) is 2.05. The molecule has 0 saturated carbocycles. The summed E-state index contributed by atoms with van der Waals surface area (Å²) in [5, 5.41) is 4.48. The Bertz CT molecular complexity index is 369. The van der Waals surface area contributed by atoms with Gasteiger partial charge in [0.05, 0.1) is 12.0 Å². The van der Waals surface area contributed by atoms with Gasteiger partial charge in [0.25, 0.3) is 0 Å². The van der Waals surface area contributed by atoms with Crippen molar-refractivity contribution in [3.8, 4) is 5.88 Å². The third-order valence-corrected chi connectivity index (χ3v) is 4.86. The minimum absolute atomic E-state index is 0.756. The normalized spacial score (nSPS) is 10.8. The molecule has 6 heteroatoms. The fourth-order valence-corrected chi connectivity index (χ4v) is 3.26. The second kappa shape index (κ2) is 10.3. The standard InChI is InChI=1S/C14H27N3OS2/c1-17(2)14-16-13(18-3)12(20-14)11-15-9-7-5-6-8-10-19-4/h15H,5-11H2,1-4H3. The van der Waals surface area contributed by atoms with E-state index in [4.69, 9.17) is 4.74 Å². The lowest BCUT2D eigenvalue weighted by Crippen LogP contribution is -2.14. The smallest absolute Gasteiger partial charge is 0.230 e. The van der Waals surface area contributed by atoms with E-state index in [1.54, 1.807) is 18.4 Å². The van der Waals surface area contributed by atoms with Gasteiger partial charge in [0.15, 0.2) is 5.13 Å². The number of hydrogen-bond acceptors (Lipinski definition) is 6. The number of rotatable bonds is 11. The molecule has 0 radical (unpaired) electrons. The van der Waals surface area contributed by atoms with Gasteiger partial charge in [-0.05, 0) is 31.4 Å². The Hall–Kier alpha value is -0.460. The first kappa shape index (κ1) is 17.6. The van der Waals surface area contributed by atoms with Gasteiger partial charge >= 0.3 is 0 Å². The molecule has 0 fully saturated rings. The second-order valence-corrected chi connectivity index (χ2v) is 6.95. The fraction of sp³-hybridized carbons (Fsp3) is 0.786. The van der Waals surface area contributed by atoms with E-state index in [0.29, 0.717) is 0 Å². The third kappa shape index (κ3) is 6.33. The van der Waals surface area contributed by atoms with Gasteiger partial charge < -0.3 is 15.0 Å². The summed E-state index contributed by atoms with van der Waals surface area (Å²) in [4.78, 5) is 7.65. The molecule has 20 heavy (non-hydrogen) atoms. The minimum atomic E-state index is 0.756. The molecule has 1 aromatic rings. The minimum Gasteiger partial charge on any atom is -0.480 e. The molecule has 0 aromatic carbocycles. The van der Waals surface area contributed by atoms with E-state index in [-0.39, 0.29) is 0 Å². The highest BCUT2D eigenvalue weighted by molar-refractivity contribution is 7.98. The molecule has 0 spiro atoms. The Labute approximate surface area is 131 Å². The summed E-state index contributed by atoms with van der Waals surface area (Å²) in [6.07, 6.45) is 7.42. The molecule has 0 aliphatic rings. The van der Waals surface area contributed by atoms with Crippen LogP contribution in [0.2, 0.25) is 0 Å². The van der Waals surface area contributed by atoms with E-state index in [0.717, 1.165) is 24.1 Å². The molecule has 0 bridgehead atoms. The SMILES string of the molecule is COc1nc(N(C)C)sc1CNCCCCCCSC. The molecule has 1 N–H and O–H groups in total. The Kier molecular flexibility index (Phi) is 9.05. The first-order valence-electron chi connectivity index (χ1n) is 7.09. The van der Waals surface area contributed by atoms with Crippen LogP contribution in [-0.2, 0) is 6.54 Å². The number of ether oxygens (including phenoxy) is 1. The van der Waals surface area contributed by atoms with Crippen molar-refractivity contribution in [1.82, 2.24) is 10.3 Å². The van der Waals surface area contributed by atoms with Gasteiger partial charge in [-0.25, -0.2) is 0 Å². The maximum atomic E-state index is 5.33. The molecule has 0 aliphatic carbocycles. The average molecular weight is 318 g/mol. The zero-order valence-electron chi connectivity index (χ0n) is 13.1. The number of methoxy groups -OCH3 is 1. The summed E-state index contributed by atoms with van der Waals surface area (Å²) in [6, 6.07) is 0. The molecule has 0 unspecified atom stereocenters. The maximum absolute atomic E-state index is 5.33. The molecular weight excluding hydrogens is 290 g/mol. The van der Waals surface area contributed by atoms with Crippen LogP contribution in [0, 0.1) is 0 Å². The summed E-state index contributed by atoms with van der Waals surface area (Å²) in [5.41, 5.74) is 0. The molecule has 4 nitrogen and oxygen atoms in total. The second-order valence-electron chi connectivity index (χ2n) is 4.91. The molecule has 0 atom stereocenters. The zero-order valence-corrected chi connectivity index (χ0v) is 14.7. The Morgan fingerprint density at radius 1 is 1.25 bits per heavy atom. The van der Waals surface area contributed by atoms with E-state index in [9.17, 15) is 0 Å². The molecule has 116 valence electrons. The lowest BCUT2D eigenvalue weighted by atomic mass is 10.2. The van der Waals surface area contributed by atoms with E-state index in [2.05, 4.69) is 16.6 Å². The number of nitrogens with one attached hydrogen (secondary N) is 1. The van der Waals surface area contributed by atoms with Crippen molar-refractivity contribution in [2.75, 3.05) is 44.7 Å². The summed E-state index contributed by atoms with van der Waals surface area (Å²) in [7, 11) is 5.69. The molecule has 1 heterocycles. The van der Waals surface area contributed by atoms with Gasteiger partial charge in [-0.15, -0.1) is 0 Å². The Morgan fingerprint density at radius 2 is 2.00 bits per heavy atom. The maximum Gasteiger partial charge on any atom is 0.230 e. The highest BCUT2D eigenvalue weighted by Crippen LogP contribution is 2.30. The van der Waals surface area contributed by atoms with Gasteiger partial charge in [-0.3, -0.25) is 0 Å². The Balaban J connectivity index is 2.21. The van der Waals surface area contributed by atoms with Gasteiger partial charge in [0.1, 0.15) is 0 Å². The predicted molar refractivity (Wildman–Crippen MR) is 91.5 cm³/mol. The largest absolute Gasteiger partial charge is 0.480 e. The molecule has 1 aromatic heterocycles. The monoisotopic (exact) mass is 317 g/mol. The zero-order chi connectivity index (χ0) is 14.8. The van der Waals surface area contributed by atoms with Gasteiger partial charge in [0, 0.05) is 20.6 Å². The van der Waals surface area contributed by atoms with Crippen molar-refractivity contribution < 1.29 is 4.74 Å². The van der Waals surface area contributed by atoms with Crippen LogP contribution >= 0.6 is 23.1 Å². The van der Waals surface area contributed by atoms with E-state index in [1.165, 1.54) is 36.3 Å². The molecule has 0 amide bonds. The van der Waals surface area contributed by atoms with Crippen LogP contribution in [0.1, 0.15) is 30.6 Å². The predicted octanol–water partition coefficient (Wildman–Crippen LogP) is 3.23. The third-order valence-electron chi connectivity index (χ3n) is 2.96. The number of thiazole rings is 1. The summed E-state index contributed by atoms with van der Waals surface area (Å²) in [6.45, 7) is 1.91. The summed E-state index contributed by atoms with van der Waals surface area (Å²) >= 11 is 3.63. The van der Waals surface area contributed by atoms with Crippen LogP contribution in [-0.4, -0.2) is 44.7 Å². The summed E-state index contributed by atoms with van der Waals surface area (Å²) < 4.78 is 5.33. The van der Waals surface area contributed by atoms with Gasteiger partial charge in [-0.1, -0.05) is 24.2 Å². The van der Waals surface area contributed by atoms with Crippen molar-refractivity contribution in [3.63, 3.8) is 0 Å².